The SMILES string of the molecule is Cc1coc(-c2cncc(N)c2)n1. The molecule has 0 unspecified atom stereocenters. The Kier molecular flexibility index (Phi) is 1.73. The fourth-order valence-corrected chi connectivity index (χ4v) is 1.06. The smallest absolute Gasteiger partial charge is 0.227 e. The van der Waals surface area contributed by atoms with Crippen molar-refractivity contribution in [3.63, 3.8) is 0 Å². The summed E-state index contributed by atoms with van der Waals surface area (Å²) in [6, 6.07) is 1.78. The molecule has 0 amide bonds. The Labute approximate surface area is 75.4 Å². The van der Waals surface area contributed by atoms with Crippen LogP contribution in [-0.2, 0) is 0 Å². The average Bonchev–Trinajstić information content (AvgIpc) is 2.52. The second-order valence-corrected chi connectivity index (χ2v) is 2.80. The van der Waals surface area contributed by atoms with Crippen LogP contribution in [0.5, 0.6) is 0 Å². The van der Waals surface area contributed by atoms with Gasteiger partial charge in [0.1, 0.15) is 6.26 Å². The zero-order chi connectivity index (χ0) is 9.26. The molecule has 4 heteroatoms. The van der Waals surface area contributed by atoms with Gasteiger partial charge < -0.3 is 10.2 Å². The highest BCUT2D eigenvalue weighted by Crippen LogP contribution is 2.18. The van der Waals surface area contributed by atoms with Crippen molar-refractivity contribution in [2.24, 2.45) is 0 Å². The van der Waals surface area contributed by atoms with E-state index in [0.717, 1.165) is 11.3 Å². The largest absolute Gasteiger partial charge is 0.444 e. The normalized spacial score (nSPS) is 10.2. The van der Waals surface area contributed by atoms with Crippen molar-refractivity contribution in [3.8, 4) is 11.5 Å². The van der Waals surface area contributed by atoms with Gasteiger partial charge in [-0.3, -0.25) is 4.98 Å². The fourth-order valence-electron chi connectivity index (χ4n) is 1.06. The molecule has 0 saturated heterocycles. The Morgan fingerprint density at radius 2 is 2.23 bits per heavy atom. The first-order valence-corrected chi connectivity index (χ1v) is 3.89. The fraction of sp³-hybridized carbons (Fsp3) is 0.111. The van der Waals surface area contributed by atoms with Crippen molar-refractivity contribution < 1.29 is 4.42 Å². The van der Waals surface area contributed by atoms with Crippen LogP contribution in [0.1, 0.15) is 5.69 Å². The molecule has 0 aliphatic heterocycles. The number of pyridine rings is 1. The monoisotopic (exact) mass is 175 g/mol. The van der Waals surface area contributed by atoms with E-state index >= 15 is 0 Å². The maximum Gasteiger partial charge on any atom is 0.227 e. The number of aryl methyl sites for hydroxylation is 1. The van der Waals surface area contributed by atoms with E-state index in [1.807, 2.05) is 6.92 Å². The molecule has 0 spiro atoms. The average molecular weight is 175 g/mol. The summed E-state index contributed by atoms with van der Waals surface area (Å²) >= 11 is 0. The van der Waals surface area contributed by atoms with E-state index in [9.17, 15) is 0 Å². The van der Waals surface area contributed by atoms with Crippen LogP contribution in [0, 0.1) is 6.92 Å². The van der Waals surface area contributed by atoms with E-state index in [1.165, 1.54) is 0 Å². The number of anilines is 1. The van der Waals surface area contributed by atoms with E-state index < -0.39 is 0 Å². The second-order valence-electron chi connectivity index (χ2n) is 2.80. The Bertz CT molecular complexity index is 422. The standard InChI is InChI=1S/C9H9N3O/c1-6-5-13-9(12-6)7-2-8(10)4-11-3-7/h2-5H,10H2,1H3. The molecule has 2 N–H and O–H groups in total. The molecule has 0 bridgehead atoms. The third-order valence-corrected chi connectivity index (χ3v) is 1.63. The number of rotatable bonds is 1. The highest BCUT2D eigenvalue weighted by molar-refractivity contribution is 5.57. The van der Waals surface area contributed by atoms with Crippen LogP contribution in [-0.4, -0.2) is 9.97 Å². The molecule has 13 heavy (non-hydrogen) atoms. The third kappa shape index (κ3) is 1.51. The van der Waals surface area contributed by atoms with E-state index in [-0.39, 0.29) is 0 Å². The van der Waals surface area contributed by atoms with Crippen LogP contribution in [0.2, 0.25) is 0 Å². The summed E-state index contributed by atoms with van der Waals surface area (Å²) in [4.78, 5) is 8.10. The van der Waals surface area contributed by atoms with Crippen molar-refractivity contribution in [2.75, 3.05) is 5.73 Å². The van der Waals surface area contributed by atoms with Gasteiger partial charge in [-0.1, -0.05) is 0 Å². The van der Waals surface area contributed by atoms with Crippen LogP contribution < -0.4 is 5.73 Å². The maximum atomic E-state index is 5.57. The highest BCUT2D eigenvalue weighted by atomic mass is 16.3. The quantitative estimate of drug-likeness (QED) is 0.715. The first-order chi connectivity index (χ1) is 6.25. The third-order valence-electron chi connectivity index (χ3n) is 1.63. The molecule has 4 nitrogen and oxygen atoms in total. The minimum absolute atomic E-state index is 0.553. The van der Waals surface area contributed by atoms with Crippen LogP contribution in [0.4, 0.5) is 5.69 Å². The predicted molar refractivity (Wildman–Crippen MR) is 48.9 cm³/mol. The van der Waals surface area contributed by atoms with Gasteiger partial charge in [0.2, 0.25) is 5.89 Å². The number of hydrogen-bond donors (Lipinski definition) is 1. The summed E-state index contributed by atoms with van der Waals surface area (Å²) < 4.78 is 5.20. The summed E-state index contributed by atoms with van der Waals surface area (Å²) in [5.41, 5.74) is 7.82. The minimum Gasteiger partial charge on any atom is -0.444 e. The van der Waals surface area contributed by atoms with Gasteiger partial charge in [0.25, 0.3) is 0 Å². The van der Waals surface area contributed by atoms with Crippen LogP contribution in [0.15, 0.2) is 29.1 Å². The molecule has 2 heterocycles. The molecule has 66 valence electrons. The van der Waals surface area contributed by atoms with Crippen LogP contribution in [0.25, 0.3) is 11.5 Å². The van der Waals surface area contributed by atoms with Crippen LogP contribution >= 0.6 is 0 Å². The lowest BCUT2D eigenvalue weighted by Crippen LogP contribution is -1.87. The van der Waals surface area contributed by atoms with Gasteiger partial charge in [-0.25, -0.2) is 4.98 Å². The van der Waals surface area contributed by atoms with Crippen molar-refractivity contribution in [3.05, 3.63) is 30.4 Å². The zero-order valence-corrected chi connectivity index (χ0v) is 7.19. The number of nitrogen functional groups attached to an aromatic ring is 1. The van der Waals surface area contributed by atoms with Crippen molar-refractivity contribution >= 4 is 5.69 Å². The van der Waals surface area contributed by atoms with Gasteiger partial charge in [0.15, 0.2) is 0 Å². The van der Waals surface area contributed by atoms with Crippen molar-refractivity contribution in [1.29, 1.82) is 0 Å². The zero-order valence-electron chi connectivity index (χ0n) is 7.19. The van der Waals surface area contributed by atoms with Crippen LogP contribution in [0.3, 0.4) is 0 Å². The van der Waals surface area contributed by atoms with Crippen molar-refractivity contribution in [1.82, 2.24) is 9.97 Å². The van der Waals surface area contributed by atoms with Gasteiger partial charge in [-0.05, 0) is 13.0 Å². The summed E-state index contributed by atoms with van der Waals surface area (Å²) in [6.45, 7) is 1.87. The molecule has 0 aliphatic carbocycles. The first-order valence-electron chi connectivity index (χ1n) is 3.89. The Hall–Kier alpha value is -1.84. The molecule has 0 aromatic carbocycles. The van der Waals surface area contributed by atoms with Gasteiger partial charge in [-0.15, -0.1) is 0 Å². The highest BCUT2D eigenvalue weighted by Gasteiger charge is 2.04. The number of nitrogens with zero attached hydrogens (tertiary/aromatic N) is 2. The van der Waals surface area contributed by atoms with Crippen molar-refractivity contribution in [2.45, 2.75) is 6.92 Å². The number of hydrogen-bond acceptors (Lipinski definition) is 4. The minimum atomic E-state index is 0.553. The number of aromatic nitrogens is 2. The van der Waals surface area contributed by atoms with E-state index in [1.54, 1.807) is 24.7 Å². The van der Waals surface area contributed by atoms with Gasteiger partial charge in [-0.2, -0.15) is 0 Å². The summed E-state index contributed by atoms with van der Waals surface area (Å²) in [5.74, 6) is 0.553. The molecular formula is C9H9N3O. The molecule has 2 rings (SSSR count). The molecule has 0 atom stereocenters. The molecule has 0 saturated carbocycles. The van der Waals surface area contributed by atoms with Gasteiger partial charge in [0, 0.05) is 12.4 Å². The molecule has 0 fully saturated rings. The summed E-state index contributed by atoms with van der Waals surface area (Å²) in [5, 5.41) is 0. The summed E-state index contributed by atoms with van der Waals surface area (Å²) in [6.07, 6.45) is 4.85. The predicted octanol–water partition coefficient (Wildman–Crippen LogP) is 1.63. The van der Waals surface area contributed by atoms with E-state index in [2.05, 4.69) is 9.97 Å². The molecule has 2 aromatic heterocycles. The lowest BCUT2D eigenvalue weighted by molar-refractivity contribution is 0.573. The van der Waals surface area contributed by atoms with Gasteiger partial charge in [0.05, 0.1) is 16.9 Å². The first kappa shape index (κ1) is 7.79. The molecular weight excluding hydrogens is 166 g/mol. The number of nitrogens with two attached hydrogens (primary N) is 1. The molecule has 0 radical (unpaired) electrons. The Morgan fingerprint density at radius 1 is 1.38 bits per heavy atom. The summed E-state index contributed by atoms with van der Waals surface area (Å²) in [7, 11) is 0. The van der Waals surface area contributed by atoms with E-state index in [0.29, 0.717) is 11.6 Å². The Morgan fingerprint density at radius 3 is 2.85 bits per heavy atom. The Balaban J connectivity index is 2.46. The maximum absolute atomic E-state index is 5.57. The number of oxazole rings is 1. The van der Waals surface area contributed by atoms with E-state index in [4.69, 9.17) is 10.2 Å². The van der Waals surface area contributed by atoms with Gasteiger partial charge >= 0.3 is 0 Å². The molecule has 2 aromatic rings. The second kappa shape index (κ2) is 2.90. The topological polar surface area (TPSA) is 64.9 Å². The lowest BCUT2D eigenvalue weighted by atomic mass is 10.2. The molecule has 0 aliphatic rings. The lowest BCUT2D eigenvalue weighted by Gasteiger charge is -1.95.